The highest BCUT2D eigenvalue weighted by molar-refractivity contribution is 6.11. The Morgan fingerprint density at radius 1 is 0.258 bits per heavy atom. The maximum absolute atomic E-state index is 5.42. The molecule has 3 heterocycles. The van der Waals surface area contributed by atoms with Crippen LogP contribution >= 0.6 is 0 Å². The van der Waals surface area contributed by atoms with Gasteiger partial charge in [-0.3, -0.25) is 4.57 Å². The van der Waals surface area contributed by atoms with Gasteiger partial charge in [-0.25, -0.2) is 4.98 Å². The zero-order chi connectivity index (χ0) is 41.0. The Kier molecular flexibility index (Phi) is 8.42. The summed E-state index contributed by atoms with van der Waals surface area (Å²) >= 11 is 0. The maximum atomic E-state index is 5.42. The molecule has 9 aromatic carbocycles. The molecule has 5 nitrogen and oxygen atoms in total. The SMILES string of the molecule is c1ccc(-c2ccc(-c3nc(-c4ccccc4-n4c5ccccc5c5ccccc54)nc(-n4c5ccccc5c5cc(-c6cccc(-c7ccccc7)c6)ccc54)n3)cc2)cc1. The number of benzene rings is 9. The molecule has 12 rings (SSSR count). The third-order valence-electron chi connectivity index (χ3n) is 12.0. The van der Waals surface area contributed by atoms with E-state index in [4.69, 9.17) is 15.0 Å². The molecule has 0 aliphatic carbocycles. The van der Waals surface area contributed by atoms with Crippen LogP contribution < -0.4 is 0 Å². The van der Waals surface area contributed by atoms with Crippen LogP contribution in [0.2, 0.25) is 0 Å². The van der Waals surface area contributed by atoms with Crippen LogP contribution in [0.3, 0.4) is 0 Å². The molecule has 0 aliphatic heterocycles. The van der Waals surface area contributed by atoms with Crippen molar-refractivity contribution in [1.29, 1.82) is 0 Å². The highest BCUT2D eigenvalue weighted by atomic mass is 15.2. The van der Waals surface area contributed by atoms with Crippen LogP contribution in [0, 0.1) is 0 Å². The summed E-state index contributed by atoms with van der Waals surface area (Å²) in [5.74, 6) is 1.75. The summed E-state index contributed by atoms with van der Waals surface area (Å²) in [5, 5.41) is 4.66. The molecule has 5 heteroatoms. The highest BCUT2D eigenvalue weighted by Crippen LogP contribution is 2.38. The minimum atomic E-state index is 0.555. The molecule has 0 saturated carbocycles. The van der Waals surface area contributed by atoms with Crippen LogP contribution in [0.15, 0.2) is 224 Å². The van der Waals surface area contributed by atoms with E-state index in [1.165, 1.54) is 21.9 Å². The first-order valence-electron chi connectivity index (χ1n) is 20.9. The molecule has 0 unspecified atom stereocenters. The van der Waals surface area contributed by atoms with E-state index < -0.39 is 0 Å². The number of aromatic nitrogens is 5. The van der Waals surface area contributed by atoms with Crippen molar-refractivity contribution in [3.8, 4) is 67.8 Å². The second-order valence-corrected chi connectivity index (χ2v) is 15.6. The molecule has 12 aromatic rings. The van der Waals surface area contributed by atoms with E-state index in [-0.39, 0.29) is 0 Å². The Bertz CT molecular complexity index is 3570. The summed E-state index contributed by atoms with van der Waals surface area (Å²) in [7, 11) is 0. The van der Waals surface area contributed by atoms with Crippen molar-refractivity contribution in [2.45, 2.75) is 0 Å². The quantitative estimate of drug-likeness (QED) is 0.162. The second kappa shape index (κ2) is 14.7. The van der Waals surface area contributed by atoms with Crippen molar-refractivity contribution < 1.29 is 0 Å². The fraction of sp³-hybridized carbons (Fsp3) is 0. The topological polar surface area (TPSA) is 48.5 Å². The van der Waals surface area contributed by atoms with Crippen molar-refractivity contribution in [2.24, 2.45) is 0 Å². The first kappa shape index (κ1) is 35.5. The van der Waals surface area contributed by atoms with Gasteiger partial charge in [-0.2, -0.15) is 9.97 Å². The monoisotopic (exact) mass is 791 g/mol. The summed E-state index contributed by atoms with van der Waals surface area (Å²) in [5.41, 5.74) is 14.1. The van der Waals surface area contributed by atoms with Gasteiger partial charge >= 0.3 is 0 Å². The van der Waals surface area contributed by atoms with Crippen LogP contribution in [-0.2, 0) is 0 Å². The van der Waals surface area contributed by atoms with Gasteiger partial charge in [0.2, 0.25) is 5.95 Å². The summed E-state index contributed by atoms with van der Waals surface area (Å²) < 4.78 is 4.54. The van der Waals surface area contributed by atoms with E-state index in [9.17, 15) is 0 Å². The Morgan fingerprint density at radius 2 is 0.694 bits per heavy atom. The van der Waals surface area contributed by atoms with Gasteiger partial charge in [0, 0.05) is 32.7 Å². The molecule has 290 valence electrons. The minimum Gasteiger partial charge on any atom is -0.309 e. The van der Waals surface area contributed by atoms with Gasteiger partial charge in [-0.1, -0.05) is 176 Å². The molecule has 0 saturated heterocycles. The van der Waals surface area contributed by atoms with Gasteiger partial charge in [0.25, 0.3) is 0 Å². The van der Waals surface area contributed by atoms with Gasteiger partial charge in [0.05, 0.1) is 27.8 Å². The van der Waals surface area contributed by atoms with E-state index in [1.807, 2.05) is 6.07 Å². The van der Waals surface area contributed by atoms with Crippen molar-refractivity contribution in [3.63, 3.8) is 0 Å². The lowest BCUT2D eigenvalue weighted by atomic mass is 9.98. The van der Waals surface area contributed by atoms with Crippen LogP contribution in [0.4, 0.5) is 0 Å². The number of fused-ring (bicyclic) bond motifs is 6. The van der Waals surface area contributed by atoms with Gasteiger partial charge in [-0.05, 0) is 81.9 Å². The summed E-state index contributed by atoms with van der Waals surface area (Å²) in [6.07, 6.45) is 0. The van der Waals surface area contributed by atoms with Crippen molar-refractivity contribution in [2.75, 3.05) is 0 Å². The average Bonchev–Trinajstić information content (AvgIpc) is 3.87. The number of nitrogens with zero attached hydrogens (tertiary/aromatic N) is 5. The normalized spacial score (nSPS) is 11.5. The molecule has 0 radical (unpaired) electrons. The fourth-order valence-corrected chi connectivity index (χ4v) is 9.07. The molecule has 0 aliphatic rings. The third kappa shape index (κ3) is 5.98. The molecule has 0 bridgehead atoms. The predicted octanol–water partition coefficient (Wildman–Crippen LogP) is 14.4. The van der Waals surface area contributed by atoms with Crippen LogP contribution in [0.1, 0.15) is 0 Å². The zero-order valence-corrected chi connectivity index (χ0v) is 33.6. The molecule has 0 amide bonds. The molecular weight excluding hydrogens is 755 g/mol. The Labute approximate surface area is 358 Å². The van der Waals surface area contributed by atoms with Crippen molar-refractivity contribution in [3.05, 3.63) is 224 Å². The van der Waals surface area contributed by atoms with E-state index in [2.05, 4.69) is 228 Å². The van der Waals surface area contributed by atoms with E-state index >= 15 is 0 Å². The van der Waals surface area contributed by atoms with Gasteiger partial charge in [0.15, 0.2) is 11.6 Å². The number of hydrogen-bond donors (Lipinski definition) is 0. The predicted molar refractivity (Wildman–Crippen MR) is 256 cm³/mol. The average molecular weight is 792 g/mol. The lowest BCUT2D eigenvalue weighted by Gasteiger charge is -2.15. The Balaban J connectivity index is 1.07. The first-order valence-corrected chi connectivity index (χ1v) is 20.9. The molecule has 0 fully saturated rings. The smallest absolute Gasteiger partial charge is 0.238 e. The molecule has 62 heavy (non-hydrogen) atoms. The first-order chi connectivity index (χ1) is 30.7. The van der Waals surface area contributed by atoms with Gasteiger partial charge in [0.1, 0.15) is 0 Å². The van der Waals surface area contributed by atoms with Crippen LogP contribution in [0.5, 0.6) is 0 Å². The minimum absolute atomic E-state index is 0.555. The lowest BCUT2D eigenvalue weighted by Crippen LogP contribution is -2.07. The highest BCUT2D eigenvalue weighted by Gasteiger charge is 2.21. The van der Waals surface area contributed by atoms with Crippen molar-refractivity contribution >= 4 is 43.6 Å². The van der Waals surface area contributed by atoms with Gasteiger partial charge < -0.3 is 4.57 Å². The van der Waals surface area contributed by atoms with E-state index in [1.54, 1.807) is 0 Å². The third-order valence-corrected chi connectivity index (χ3v) is 12.0. The van der Waals surface area contributed by atoms with Crippen molar-refractivity contribution in [1.82, 2.24) is 24.1 Å². The molecule has 0 N–H and O–H groups in total. The number of rotatable bonds is 7. The number of para-hydroxylation sites is 4. The molecule has 3 aromatic heterocycles. The largest absolute Gasteiger partial charge is 0.309 e. The Morgan fingerprint density at radius 3 is 1.37 bits per heavy atom. The van der Waals surface area contributed by atoms with Crippen LogP contribution in [-0.4, -0.2) is 24.1 Å². The van der Waals surface area contributed by atoms with E-state index in [0.717, 1.165) is 71.9 Å². The maximum Gasteiger partial charge on any atom is 0.238 e. The molecule has 0 atom stereocenters. The molecular formula is C57H37N5. The lowest BCUT2D eigenvalue weighted by molar-refractivity contribution is 0.952. The standard InChI is InChI=1S/C57H37N5/c1-3-16-38(17-4-1)40-30-32-41(33-31-40)55-58-56(48-25-10-14-29-53(48)61-50-26-11-7-22-45(50)46-23-8-12-27-51(46)61)60-57(59-55)62-52-28-13-9-24-47(52)49-37-44(34-35-54(49)62)43-21-15-20-42(36-43)39-18-5-2-6-19-39/h1-37H. The summed E-state index contributed by atoms with van der Waals surface area (Å²) in [6, 6.07) is 79.2. The van der Waals surface area contributed by atoms with Gasteiger partial charge in [-0.15, -0.1) is 0 Å². The summed E-state index contributed by atoms with van der Waals surface area (Å²) in [4.78, 5) is 16.1. The Hall–Kier alpha value is -8.41. The second-order valence-electron chi connectivity index (χ2n) is 15.6. The zero-order valence-electron chi connectivity index (χ0n) is 33.6. The summed E-state index contributed by atoms with van der Waals surface area (Å²) in [6.45, 7) is 0. The van der Waals surface area contributed by atoms with E-state index in [0.29, 0.717) is 17.6 Å². The fourth-order valence-electron chi connectivity index (χ4n) is 9.07. The van der Waals surface area contributed by atoms with Crippen LogP contribution in [0.25, 0.3) is 111 Å². The molecule has 0 spiro atoms. The number of hydrogen-bond acceptors (Lipinski definition) is 3.